The summed E-state index contributed by atoms with van der Waals surface area (Å²) < 4.78 is 27.8. The highest BCUT2D eigenvalue weighted by molar-refractivity contribution is 7.92. The minimum Gasteiger partial charge on any atom is -0.380 e. The summed E-state index contributed by atoms with van der Waals surface area (Å²) in [6.07, 6.45) is 0. The van der Waals surface area contributed by atoms with Gasteiger partial charge in [-0.05, 0) is 27.7 Å². The Morgan fingerprint density at radius 2 is 1.80 bits per heavy atom. The molecule has 0 saturated carbocycles. The first-order chi connectivity index (χ1) is 6.81. The first-order valence-electron chi connectivity index (χ1n) is 5.32. The second kappa shape index (κ2) is 6.45. The van der Waals surface area contributed by atoms with E-state index in [1.54, 1.807) is 20.8 Å². The lowest BCUT2D eigenvalue weighted by atomic mass is 10.3. The van der Waals surface area contributed by atoms with E-state index in [1.807, 2.05) is 6.92 Å². The molecule has 0 unspecified atom stereocenters. The largest absolute Gasteiger partial charge is 0.380 e. The van der Waals surface area contributed by atoms with Gasteiger partial charge in [-0.25, -0.2) is 8.42 Å². The minimum atomic E-state index is -2.99. The van der Waals surface area contributed by atoms with Crippen molar-refractivity contribution in [2.45, 2.75) is 32.4 Å². The van der Waals surface area contributed by atoms with E-state index >= 15 is 0 Å². The lowest BCUT2D eigenvalue weighted by Gasteiger charge is -2.19. The molecule has 0 saturated heterocycles. The van der Waals surface area contributed by atoms with E-state index in [-0.39, 0.29) is 5.75 Å². The average Bonchev–Trinajstić information content (AvgIpc) is 2.09. The van der Waals surface area contributed by atoms with Crippen LogP contribution in [0.4, 0.5) is 0 Å². The molecule has 0 aliphatic carbocycles. The first-order valence-corrected chi connectivity index (χ1v) is 6.97. The zero-order chi connectivity index (χ0) is 11.9. The zero-order valence-electron chi connectivity index (χ0n) is 10.2. The monoisotopic (exact) mass is 237 g/mol. The van der Waals surface area contributed by atoms with Gasteiger partial charge < -0.3 is 10.1 Å². The molecule has 4 nitrogen and oxygen atoms in total. The number of ether oxygens (including phenoxy) is 1. The number of hydrogen-bond acceptors (Lipinski definition) is 4. The second-order valence-corrected chi connectivity index (χ2v) is 7.24. The molecule has 1 N–H and O–H groups in total. The maximum absolute atomic E-state index is 11.7. The highest BCUT2D eigenvalue weighted by Gasteiger charge is 2.27. The van der Waals surface area contributed by atoms with Crippen molar-refractivity contribution in [1.82, 2.24) is 5.32 Å². The lowest BCUT2D eigenvalue weighted by molar-refractivity contribution is 0.150. The van der Waals surface area contributed by atoms with Crippen LogP contribution in [0.25, 0.3) is 0 Å². The molecular weight excluding hydrogens is 214 g/mol. The van der Waals surface area contributed by atoms with Crippen LogP contribution in [0.1, 0.15) is 27.7 Å². The molecule has 0 radical (unpaired) electrons. The molecule has 0 spiro atoms. The quantitative estimate of drug-likeness (QED) is 0.666. The van der Waals surface area contributed by atoms with E-state index in [2.05, 4.69) is 5.32 Å². The van der Waals surface area contributed by atoms with E-state index in [4.69, 9.17) is 4.74 Å². The molecule has 0 bridgehead atoms. The van der Waals surface area contributed by atoms with Crippen LogP contribution in [0.2, 0.25) is 0 Å². The standard InChI is InChI=1S/C10H23NO3S/c1-5-14-8-6-11-7-9-15(12,13)10(2,3)4/h11H,5-9H2,1-4H3. The van der Waals surface area contributed by atoms with Crippen molar-refractivity contribution in [3.63, 3.8) is 0 Å². The van der Waals surface area contributed by atoms with Crippen molar-refractivity contribution >= 4 is 9.84 Å². The Hall–Kier alpha value is -0.130. The van der Waals surface area contributed by atoms with E-state index in [0.717, 1.165) is 0 Å². The fourth-order valence-corrected chi connectivity index (χ4v) is 1.95. The molecule has 0 heterocycles. The normalized spacial score (nSPS) is 13.1. The summed E-state index contributed by atoms with van der Waals surface area (Å²) in [6, 6.07) is 0. The molecule has 0 aliphatic rings. The van der Waals surface area contributed by atoms with Gasteiger partial charge in [0.25, 0.3) is 0 Å². The number of nitrogens with one attached hydrogen (secondary N) is 1. The highest BCUT2D eigenvalue weighted by Crippen LogP contribution is 2.14. The molecule has 92 valence electrons. The Morgan fingerprint density at radius 3 is 2.27 bits per heavy atom. The Kier molecular flexibility index (Phi) is 6.40. The van der Waals surface area contributed by atoms with Gasteiger partial charge in [-0.2, -0.15) is 0 Å². The van der Waals surface area contributed by atoms with Crippen LogP contribution in [-0.2, 0) is 14.6 Å². The van der Waals surface area contributed by atoms with Crippen LogP contribution in [0.15, 0.2) is 0 Å². The van der Waals surface area contributed by atoms with Crippen LogP contribution < -0.4 is 5.32 Å². The minimum absolute atomic E-state index is 0.183. The summed E-state index contributed by atoms with van der Waals surface area (Å²) in [4.78, 5) is 0. The zero-order valence-corrected chi connectivity index (χ0v) is 11.0. The van der Waals surface area contributed by atoms with Crippen LogP contribution in [0.3, 0.4) is 0 Å². The van der Waals surface area contributed by atoms with Crippen LogP contribution in [0.5, 0.6) is 0 Å². The highest BCUT2D eigenvalue weighted by atomic mass is 32.2. The van der Waals surface area contributed by atoms with Gasteiger partial charge in [0, 0.05) is 19.7 Å². The van der Waals surface area contributed by atoms with Gasteiger partial charge in [0.2, 0.25) is 0 Å². The smallest absolute Gasteiger partial charge is 0.156 e. The van der Waals surface area contributed by atoms with Gasteiger partial charge in [-0.3, -0.25) is 0 Å². The molecule has 5 heteroatoms. The Morgan fingerprint density at radius 1 is 1.20 bits per heavy atom. The maximum atomic E-state index is 11.7. The molecule has 0 atom stereocenters. The summed E-state index contributed by atoms with van der Waals surface area (Å²) in [5.74, 6) is 0.183. The molecule has 0 fully saturated rings. The number of rotatable bonds is 7. The third kappa shape index (κ3) is 6.12. The summed E-state index contributed by atoms with van der Waals surface area (Å²) >= 11 is 0. The Balaban J connectivity index is 3.69. The summed E-state index contributed by atoms with van der Waals surface area (Å²) in [5.41, 5.74) is 0. The third-order valence-corrected chi connectivity index (χ3v) is 4.72. The average molecular weight is 237 g/mol. The fraction of sp³-hybridized carbons (Fsp3) is 1.00. The molecule has 0 aliphatic heterocycles. The SMILES string of the molecule is CCOCCNCCS(=O)(=O)C(C)(C)C. The second-order valence-electron chi connectivity index (χ2n) is 4.38. The van der Waals surface area contributed by atoms with Crippen LogP contribution in [0, 0.1) is 0 Å². The van der Waals surface area contributed by atoms with Crippen molar-refractivity contribution in [3.05, 3.63) is 0 Å². The fourth-order valence-electron chi connectivity index (χ4n) is 0.926. The number of sulfone groups is 1. The predicted octanol–water partition coefficient (Wildman–Crippen LogP) is 0.826. The van der Waals surface area contributed by atoms with Gasteiger partial charge in [-0.1, -0.05) is 0 Å². The predicted molar refractivity (Wildman–Crippen MR) is 62.9 cm³/mol. The van der Waals surface area contributed by atoms with Crippen molar-refractivity contribution in [2.75, 3.05) is 32.1 Å². The topological polar surface area (TPSA) is 55.4 Å². The van der Waals surface area contributed by atoms with E-state index < -0.39 is 14.6 Å². The van der Waals surface area contributed by atoms with Crippen molar-refractivity contribution in [1.29, 1.82) is 0 Å². The molecule has 15 heavy (non-hydrogen) atoms. The van der Waals surface area contributed by atoms with Crippen molar-refractivity contribution in [2.24, 2.45) is 0 Å². The molecule has 0 aromatic rings. The van der Waals surface area contributed by atoms with E-state index in [0.29, 0.717) is 26.3 Å². The van der Waals surface area contributed by atoms with Gasteiger partial charge >= 0.3 is 0 Å². The molecule has 0 rings (SSSR count). The van der Waals surface area contributed by atoms with Crippen LogP contribution >= 0.6 is 0 Å². The van der Waals surface area contributed by atoms with Gasteiger partial charge in [-0.15, -0.1) is 0 Å². The Labute approximate surface area is 93.3 Å². The lowest BCUT2D eigenvalue weighted by Crippen LogP contribution is -2.35. The van der Waals surface area contributed by atoms with Crippen molar-refractivity contribution < 1.29 is 13.2 Å². The molecular formula is C10H23NO3S. The van der Waals surface area contributed by atoms with Gasteiger partial charge in [0.15, 0.2) is 9.84 Å². The maximum Gasteiger partial charge on any atom is 0.156 e. The van der Waals surface area contributed by atoms with E-state index in [1.165, 1.54) is 0 Å². The molecule has 0 aromatic carbocycles. The summed E-state index contributed by atoms with van der Waals surface area (Å²) in [5, 5.41) is 3.04. The molecule has 0 amide bonds. The number of hydrogen-bond donors (Lipinski definition) is 1. The van der Waals surface area contributed by atoms with Crippen molar-refractivity contribution in [3.8, 4) is 0 Å². The van der Waals surface area contributed by atoms with Gasteiger partial charge in [0.05, 0.1) is 17.1 Å². The Bertz CT molecular complexity index is 254. The van der Waals surface area contributed by atoms with E-state index in [9.17, 15) is 8.42 Å². The van der Waals surface area contributed by atoms with Crippen LogP contribution in [-0.4, -0.2) is 45.2 Å². The summed E-state index contributed by atoms with van der Waals surface area (Å²) in [6.45, 7) is 9.63. The first kappa shape index (κ1) is 14.9. The summed E-state index contributed by atoms with van der Waals surface area (Å²) in [7, 11) is -2.99. The van der Waals surface area contributed by atoms with Gasteiger partial charge in [0.1, 0.15) is 0 Å². The third-order valence-electron chi connectivity index (χ3n) is 2.11. The molecule has 0 aromatic heterocycles.